The maximum absolute atomic E-state index is 12.7. The molecule has 0 spiro atoms. The predicted octanol–water partition coefficient (Wildman–Crippen LogP) is 4.09. The lowest BCUT2D eigenvalue weighted by Crippen LogP contribution is -2.43. The molecule has 0 saturated heterocycles. The molecule has 0 aliphatic heterocycles. The average molecular weight is 565 g/mol. The van der Waals surface area contributed by atoms with Gasteiger partial charge in [-0.05, 0) is 28.3 Å². The van der Waals surface area contributed by atoms with Crippen molar-refractivity contribution in [2.45, 2.75) is 50.8 Å². The Morgan fingerprint density at radius 2 is 1.68 bits per heavy atom. The predicted molar refractivity (Wildman–Crippen MR) is 153 cm³/mol. The Labute approximate surface area is 234 Å². The minimum absolute atomic E-state index is 0.0659. The summed E-state index contributed by atoms with van der Waals surface area (Å²) in [5.74, 6) is -1.70. The van der Waals surface area contributed by atoms with Crippen LogP contribution >= 0.6 is 0 Å². The van der Waals surface area contributed by atoms with Crippen molar-refractivity contribution in [3.63, 3.8) is 0 Å². The number of fused-ring (bicyclic) bond motifs is 3. The van der Waals surface area contributed by atoms with Crippen molar-refractivity contribution in [1.29, 1.82) is 0 Å². The molecular formula is C29H36N4O6Si. The SMILES string of the molecule is CNC(=O)c1nc(C[C@H](NC(=O)OCC2c3ccccc3-c3ccccc32)C(=O)O)cn1COCC[Si](C)(C)C. The summed E-state index contributed by atoms with van der Waals surface area (Å²) in [6.07, 6.45) is 0.606. The Balaban J connectivity index is 1.40. The average Bonchev–Trinajstić information content (AvgIpc) is 3.47. The van der Waals surface area contributed by atoms with E-state index in [1.807, 2.05) is 48.5 Å². The van der Waals surface area contributed by atoms with Gasteiger partial charge < -0.3 is 29.8 Å². The van der Waals surface area contributed by atoms with Crippen LogP contribution in [0, 0.1) is 0 Å². The van der Waals surface area contributed by atoms with Crippen LogP contribution in [0.15, 0.2) is 54.7 Å². The smallest absolute Gasteiger partial charge is 0.407 e. The van der Waals surface area contributed by atoms with Crippen molar-refractivity contribution in [3.05, 3.63) is 77.4 Å². The normalized spacial score (nSPS) is 13.3. The van der Waals surface area contributed by atoms with E-state index < -0.39 is 32.1 Å². The molecule has 1 atom stereocenters. The molecule has 2 amide bonds. The molecule has 4 rings (SSSR count). The van der Waals surface area contributed by atoms with Gasteiger partial charge in [0.15, 0.2) is 0 Å². The van der Waals surface area contributed by atoms with E-state index in [-0.39, 0.29) is 31.5 Å². The van der Waals surface area contributed by atoms with Crippen molar-refractivity contribution < 1.29 is 29.0 Å². The Hall–Kier alpha value is -3.96. The summed E-state index contributed by atoms with van der Waals surface area (Å²) < 4.78 is 12.8. The lowest BCUT2D eigenvalue weighted by molar-refractivity contribution is -0.139. The van der Waals surface area contributed by atoms with Gasteiger partial charge in [0.05, 0.1) is 5.69 Å². The maximum Gasteiger partial charge on any atom is 0.407 e. The molecule has 40 heavy (non-hydrogen) atoms. The third-order valence-electron chi connectivity index (χ3n) is 6.83. The maximum atomic E-state index is 12.7. The van der Waals surface area contributed by atoms with Crippen LogP contribution in [0.25, 0.3) is 11.1 Å². The largest absolute Gasteiger partial charge is 0.480 e. The van der Waals surface area contributed by atoms with E-state index in [2.05, 4.69) is 35.3 Å². The molecule has 0 radical (unpaired) electrons. The van der Waals surface area contributed by atoms with Crippen LogP contribution < -0.4 is 10.6 Å². The number of amides is 2. The van der Waals surface area contributed by atoms with Crippen LogP contribution in [0.4, 0.5) is 4.79 Å². The Kier molecular flexibility index (Phi) is 9.06. The monoisotopic (exact) mass is 564 g/mol. The molecule has 11 heteroatoms. The second kappa shape index (κ2) is 12.5. The van der Waals surface area contributed by atoms with E-state index in [1.54, 1.807) is 10.8 Å². The Morgan fingerprint density at radius 1 is 1.05 bits per heavy atom. The zero-order valence-electron chi connectivity index (χ0n) is 23.3. The number of aliphatic carboxylic acids is 1. The number of carbonyl (C=O) groups is 3. The van der Waals surface area contributed by atoms with E-state index >= 15 is 0 Å². The molecule has 3 aromatic rings. The number of ether oxygens (including phenoxy) is 2. The lowest BCUT2D eigenvalue weighted by atomic mass is 9.98. The van der Waals surface area contributed by atoms with Crippen molar-refractivity contribution in [2.24, 2.45) is 0 Å². The van der Waals surface area contributed by atoms with Gasteiger partial charge in [0, 0.05) is 40.3 Å². The van der Waals surface area contributed by atoms with Gasteiger partial charge in [-0.3, -0.25) is 4.79 Å². The highest BCUT2D eigenvalue weighted by Gasteiger charge is 2.30. The van der Waals surface area contributed by atoms with Gasteiger partial charge in [-0.25, -0.2) is 14.6 Å². The van der Waals surface area contributed by atoms with Crippen LogP contribution in [0.1, 0.15) is 33.4 Å². The molecule has 0 fully saturated rings. The number of hydrogen-bond acceptors (Lipinski definition) is 6. The summed E-state index contributed by atoms with van der Waals surface area (Å²) in [5.41, 5.74) is 4.65. The number of benzene rings is 2. The summed E-state index contributed by atoms with van der Waals surface area (Å²) >= 11 is 0. The van der Waals surface area contributed by atoms with Gasteiger partial charge in [0.1, 0.15) is 19.4 Å². The molecular weight excluding hydrogens is 528 g/mol. The number of carboxylic acids is 1. The summed E-state index contributed by atoms with van der Waals surface area (Å²) in [6.45, 7) is 7.47. The number of rotatable bonds is 12. The third-order valence-corrected chi connectivity index (χ3v) is 8.53. The Morgan fingerprint density at radius 3 is 2.25 bits per heavy atom. The zero-order valence-corrected chi connectivity index (χ0v) is 24.3. The number of imidazole rings is 1. The van der Waals surface area contributed by atoms with Crippen molar-refractivity contribution in [2.75, 3.05) is 20.3 Å². The Bertz CT molecular complexity index is 1340. The number of carboxylic acid groups (broad SMARTS) is 1. The summed E-state index contributed by atoms with van der Waals surface area (Å²) in [4.78, 5) is 41.4. The summed E-state index contributed by atoms with van der Waals surface area (Å²) in [5, 5.41) is 14.8. The number of carbonyl (C=O) groups excluding carboxylic acids is 2. The minimum Gasteiger partial charge on any atom is -0.480 e. The minimum atomic E-state index is -1.30. The van der Waals surface area contributed by atoms with E-state index in [4.69, 9.17) is 9.47 Å². The van der Waals surface area contributed by atoms with Gasteiger partial charge in [0.2, 0.25) is 5.82 Å². The van der Waals surface area contributed by atoms with Gasteiger partial charge in [-0.1, -0.05) is 68.2 Å². The van der Waals surface area contributed by atoms with Crippen LogP contribution in [-0.4, -0.2) is 67.0 Å². The van der Waals surface area contributed by atoms with Crippen LogP contribution in [0.2, 0.25) is 25.7 Å². The molecule has 0 bridgehead atoms. The van der Waals surface area contributed by atoms with Crippen LogP contribution in [-0.2, 0) is 27.4 Å². The van der Waals surface area contributed by atoms with E-state index in [9.17, 15) is 19.5 Å². The van der Waals surface area contributed by atoms with Gasteiger partial charge in [-0.15, -0.1) is 0 Å². The third kappa shape index (κ3) is 6.96. The molecule has 3 N–H and O–H groups in total. The highest BCUT2D eigenvalue weighted by molar-refractivity contribution is 6.76. The van der Waals surface area contributed by atoms with E-state index in [0.717, 1.165) is 28.3 Å². The first-order chi connectivity index (χ1) is 19.1. The fourth-order valence-corrected chi connectivity index (χ4v) is 5.45. The summed E-state index contributed by atoms with van der Waals surface area (Å²) in [6, 6.07) is 15.6. The van der Waals surface area contributed by atoms with E-state index in [1.165, 1.54) is 7.05 Å². The highest BCUT2D eigenvalue weighted by atomic mass is 28.3. The van der Waals surface area contributed by atoms with Crippen LogP contribution in [0.5, 0.6) is 0 Å². The highest BCUT2D eigenvalue weighted by Crippen LogP contribution is 2.44. The number of aromatic nitrogens is 2. The standard InChI is InChI=1S/C29H36N4O6Si/c1-30-27(34)26-31-19(16-33(26)18-38-13-14-40(2,3)4)15-25(28(35)36)32-29(37)39-17-24-22-11-7-5-9-20(22)21-10-6-8-12-23(21)24/h5-12,16,24-25H,13-15,17-18H2,1-4H3,(H,30,34)(H,32,37)(H,35,36)/t25-/m0/s1. The number of alkyl carbamates (subject to hydrolysis) is 1. The van der Waals surface area contributed by atoms with Gasteiger partial charge >= 0.3 is 12.1 Å². The molecule has 0 unspecified atom stereocenters. The van der Waals surface area contributed by atoms with Gasteiger partial charge in [-0.2, -0.15) is 0 Å². The second-order valence-electron chi connectivity index (χ2n) is 11.0. The van der Waals surface area contributed by atoms with Crippen molar-refractivity contribution in [3.8, 4) is 11.1 Å². The molecule has 1 aromatic heterocycles. The topological polar surface area (TPSA) is 132 Å². The van der Waals surface area contributed by atoms with Crippen molar-refractivity contribution >= 4 is 26.0 Å². The first-order valence-corrected chi connectivity index (χ1v) is 17.0. The summed E-state index contributed by atoms with van der Waals surface area (Å²) in [7, 11) is 0.212. The number of nitrogens with one attached hydrogen (secondary N) is 2. The fourth-order valence-electron chi connectivity index (χ4n) is 4.69. The molecule has 2 aromatic carbocycles. The first kappa shape index (κ1) is 29.0. The zero-order chi connectivity index (χ0) is 28.9. The first-order valence-electron chi connectivity index (χ1n) is 13.3. The van der Waals surface area contributed by atoms with Crippen molar-refractivity contribution in [1.82, 2.24) is 20.2 Å². The number of hydrogen-bond donors (Lipinski definition) is 3. The molecule has 1 aliphatic carbocycles. The molecule has 10 nitrogen and oxygen atoms in total. The fraction of sp³-hybridized carbons (Fsp3) is 0.379. The van der Waals surface area contributed by atoms with Crippen LogP contribution in [0.3, 0.4) is 0 Å². The molecule has 1 heterocycles. The quantitative estimate of drug-likeness (QED) is 0.223. The second-order valence-corrected chi connectivity index (χ2v) is 16.6. The molecule has 212 valence electrons. The van der Waals surface area contributed by atoms with E-state index in [0.29, 0.717) is 12.3 Å². The lowest BCUT2D eigenvalue weighted by Gasteiger charge is -2.17. The number of nitrogens with zero attached hydrogens (tertiary/aromatic N) is 2. The van der Waals surface area contributed by atoms with Gasteiger partial charge in [0.25, 0.3) is 5.91 Å². The molecule has 0 saturated carbocycles. The molecule has 1 aliphatic rings.